The van der Waals surface area contributed by atoms with Gasteiger partial charge in [0.25, 0.3) is 5.91 Å². The lowest BCUT2D eigenvalue weighted by Gasteiger charge is -2.31. The van der Waals surface area contributed by atoms with Gasteiger partial charge >= 0.3 is 0 Å². The number of sulfonamides is 1. The van der Waals surface area contributed by atoms with Crippen LogP contribution in [0.1, 0.15) is 40.6 Å². The van der Waals surface area contributed by atoms with Crippen LogP contribution in [0.3, 0.4) is 0 Å². The summed E-state index contributed by atoms with van der Waals surface area (Å²) in [6.45, 7) is 3.19. The maximum absolute atomic E-state index is 13.0. The van der Waals surface area contributed by atoms with Gasteiger partial charge in [0.1, 0.15) is 6.04 Å². The number of amides is 2. The minimum absolute atomic E-state index is 0.0774. The zero-order chi connectivity index (χ0) is 21.0. The van der Waals surface area contributed by atoms with Crippen molar-refractivity contribution in [3.63, 3.8) is 0 Å². The summed E-state index contributed by atoms with van der Waals surface area (Å²) in [5.41, 5.74) is 1.49. The van der Waals surface area contributed by atoms with Gasteiger partial charge in [-0.3, -0.25) is 9.59 Å². The highest BCUT2D eigenvalue weighted by atomic mass is 32.2. The molecule has 1 aromatic heterocycles. The van der Waals surface area contributed by atoms with Crippen LogP contribution in [0.5, 0.6) is 0 Å². The number of rotatable bonds is 7. The standard InChI is InChI=1S/C20H25N3O4S2/c1-3-4-17(20(25)23-11-9-18-15(13-23)10-12-28-18)22-19(24)14-5-7-16(8-6-14)29(26,27)21-2/h5-8,10,12,17,21H,3-4,9,11,13H2,1-2H3,(H,22,24). The largest absolute Gasteiger partial charge is 0.340 e. The summed E-state index contributed by atoms with van der Waals surface area (Å²) < 4.78 is 25.9. The SMILES string of the molecule is CCCC(NC(=O)c1ccc(S(=O)(=O)NC)cc1)C(=O)N1CCc2sccc2C1. The molecule has 1 aliphatic heterocycles. The summed E-state index contributed by atoms with van der Waals surface area (Å²) in [5.74, 6) is -0.468. The van der Waals surface area contributed by atoms with Crippen LogP contribution in [0.15, 0.2) is 40.6 Å². The first-order valence-electron chi connectivity index (χ1n) is 9.54. The van der Waals surface area contributed by atoms with E-state index in [4.69, 9.17) is 0 Å². The molecule has 9 heteroatoms. The number of fused-ring (bicyclic) bond motifs is 1. The van der Waals surface area contributed by atoms with Crippen LogP contribution in [-0.4, -0.2) is 44.8 Å². The van der Waals surface area contributed by atoms with Gasteiger partial charge in [0.15, 0.2) is 0 Å². The predicted molar refractivity (Wildman–Crippen MR) is 112 cm³/mol. The molecule has 0 bridgehead atoms. The Morgan fingerprint density at radius 2 is 1.93 bits per heavy atom. The van der Waals surface area contributed by atoms with Gasteiger partial charge in [-0.15, -0.1) is 11.3 Å². The van der Waals surface area contributed by atoms with Crippen molar-refractivity contribution in [2.24, 2.45) is 0 Å². The number of benzene rings is 1. The van der Waals surface area contributed by atoms with Crippen LogP contribution in [-0.2, 0) is 27.8 Å². The normalized spacial score (nSPS) is 14.9. The summed E-state index contributed by atoms with van der Waals surface area (Å²) in [7, 11) is -2.23. The molecule has 3 rings (SSSR count). The molecule has 2 heterocycles. The molecule has 0 saturated carbocycles. The molecule has 2 N–H and O–H groups in total. The average Bonchev–Trinajstić information content (AvgIpc) is 3.20. The highest BCUT2D eigenvalue weighted by Gasteiger charge is 2.28. The molecule has 0 radical (unpaired) electrons. The van der Waals surface area contributed by atoms with Gasteiger partial charge in [0, 0.05) is 23.5 Å². The number of carbonyl (C=O) groups is 2. The van der Waals surface area contributed by atoms with E-state index in [2.05, 4.69) is 10.0 Å². The summed E-state index contributed by atoms with van der Waals surface area (Å²) in [6.07, 6.45) is 2.14. The first-order chi connectivity index (χ1) is 13.9. The van der Waals surface area contributed by atoms with E-state index in [-0.39, 0.29) is 10.8 Å². The maximum atomic E-state index is 13.0. The van der Waals surface area contributed by atoms with E-state index in [1.54, 1.807) is 16.2 Å². The van der Waals surface area contributed by atoms with Crippen molar-refractivity contribution in [1.29, 1.82) is 0 Å². The van der Waals surface area contributed by atoms with Gasteiger partial charge in [0.05, 0.1) is 4.90 Å². The molecule has 1 atom stereocenters. The molecule has 7 nitrogen and oxygen atoms in total. The first kappa shape index (κ1) is 21.5. The fourth-order valence-electron chi connectivity index (χ4n) is 3.35. The van der Waals surface area contributed by atoms with Gasteiger partial charge in [-0.25, -0.2) is 13.1 Å². The maximum Gasteiger partial charge on any atom is 0.251 e. The van der Waals surface area contributed by atoms with Crippen molar-refractivity contribution in [1.82, 2.24) is 14.9 Å². The zero-order valence-corrected chi connectivity index (χ0v) is 18.1. The van der Waals surface area contributed by atoms with E-state index < -0.39 is 22.0 Å². The second-order valence-corrected chi connectivity index (χ2v) is 9.81. The molecule has 1 unspecified atom stereocenters. The number of nitrogens with one attached hydrogen (secondary N) is 2. The Balaban J connectivity index is 1.70. The Labute approximate surface area is 175 Å². The smallest absolute Gasteiger partial charge is 0.251 e. The summed E-state index contributed by atoms with van der Waals surface area (Å²) in [4.78, 5) is 28.9. The second-order valence-electron chi connectivity index (χ2n) is 6.93. The van der Waals surface area contributed by atoms with Gasteiger partial charge < -0.3 is 10.2 Å². The lowest BCUT2D eigenvalue weighted by molar-refractivity contribution is -0.134. The summed E-state index contributed by atoms with van der Waals surface area (Å²) in [6, 6.07) is 7.10. The Bertz CT molecular complexity index is 983. The van der Waals surface area contributed by atoms with Crippen LogP contribution >= 0.6 is 11.3 Å². The van der Waals surface area contributed by atoms with Gasteiger partial charge in [-0.05, 0) is 61.2 Å². The van der Waals surface area contributed by atoms with Crippen LogP contribution in [0.25, 0.3) is 0 Å². The molecule has 0 saturated heterocycles. The molecule has 1 aromatic carbocycles. The highest BCUT2D eigenvalue weighted by Crippen LogP contribution is 2.24. The van der Waals surface area contributed by atoms with Crippen LogP contribution < -0.4 is 10.0 Å². The van der Waals surface area contributed by atoms with Crippen molar-refractivity contribution in [2.75, 3.05) is 13.6 Å². The molecule has 2 amide bonds. The monoisotopic (exact) mass is 435 g/mol. The fourth-order valence-corrected chi connectivity index (χ4v) is 4.97. The minimum Gasteiger partial charge on any atom is -0.340 e. The van der Waals surface area contributed by atoms with Gasteiger partial charge in [-0.1, -0.05) is 13.3 Å². The highest BCUT2D eigenvalue weighted by molar-refractivity contribution is 7.89. The van der Waals surface area contributed by atoms with Crippen LogP contribution in [0.2, 0.25) is 0 Å². The van der Waals surface area contributed by atoms with Gasteiger partial charge in [0.2, 0.25) is 15.9 Å². The quantitative estimate of drug-likeness (QED) is 0.697. The third kappa shape index (κ3) is 4.85. The fraction of sp³-hybridized carbons (Fsp3) is 0.400. The third-order valence-electron chi connectivity index (χ3n) is 5.00. The molecule has 156 valence electrons. The van der Waals surface area contributed by atoms with Crippen LogP contribution in [0.4, 0.5) is 0 Å². The molecule has 0 aliphatic carbocycles. The summed E-state index contributed by atoms with van der Waals surface area (Å²) >= 11 is 1.72. The molecule has 0 fully saturated rings. The first-order valence-corrected chi connectivity index (χ1v) is 11.9. The van der Waals surface area contributed by atoms with Crippen LogP contribution in [0, 0.1) is 0 Å². The lowest BCUT2D eigenvalue weighted by Crippen LogP contribution is -2.49. The third-order valence-corrected chi connectivity index (χ3v) is 7.45. The van der Waals surface area contributed by atoms with E-state index >= 15 is 0 Å². The van der Waals surface area contributed by atoms with E-state index in [1.165, 1.54) is 41.8 Å². The second kappa shape index (κ2) is 9.06. The molecule has 0 spiro atoms. The molecule has 1 aliphatic rings. The number of nitrogens with zero attached hydrogens (tertiary/aromatic N) is 1. The van der Waals surface area contributed by atoms with E-state index in [9.17, 15) is 18.0 Å². The minimum atomic E-state index is -3.56. The number of hydrogen-bond acceptors (Lipinski definition) is 5. The Kier molecular flexibility index (Phi) is 6.71. The molecular formula is C20H25N3O4S2. The summed E-state index contributed by atoms with van der Waals surface area (Å²) in [5, 5.41) is 4.87. The van der Waals surface area contributed by atoms with E-state index in [0.29, 0.717) is 25.1 Å². The average molecular weight is 436 g/mol. The Hall–Kier alpha value is -2.23. The number of thiophene rings is 1. The number of carbonyl (C=O) groups excluding carboxylic acids is 2. The van der Waals surface area contributed by atoms with E-state index in [0.717, 1.165) is 12.8 Å². The van der Waals surface area contributed by atoms with Crippen molar-refractivity contribution >= 4 is 33.2 Å². The van der Waals surface area contributed by atoms with Crippen molar-refractivity contribution in [2.45, 2.75) is 43.7 Å². The number of hydrogen-bond donors (Lipinski definition) is 2. The Morgan fingerprint density at radius 3 is 2.59 bits per heavy atom. The Morgan fingerprint density at radius 1 is 1.21 bits per heavy atom. The molecule has 2 aromatic rings. The predicted octanol–water partition coefficient (Wildman–Crippen LogP) is 2.14. The van der Waals surface area contributed by atoms with Crippen molar-refractivity contribution in [3.05, 3.63) is 51.7 Å². The topological polar surface area (TPSA) is 95.6 Å². The van der Waals surface area contributed by atoms with Crippen molar-refractivity contribution in [3.8, 4) is 0 Å². The van der Waals surface area contributed by atoms with E-state index in [1.807, 2.05) is 18.4 Å². The molecule has 29 heavy (non-hydrogen) atoms. The lowest BCUT2D eigenvalue weighted by atomic mass is 10.1. The van der Waals surface area contributed by atoms with Crippen molar-refractivity contribution < 1.29 is 18.0 Å². The zero-order valence-electron chi connectivity index (χ0n) is 16.5. The van der Waals surface area contributed by atoms with Gasteiger partial charge in [-0.2, -0.15) is 0 Å². The molecular weight excluding hydrogens is 410 g/mol.